The van der Waals surface area contributed by atoms with Crippen LogP contribution in [0.2, 0.25) is 0 Å². The van der Waals surface area contributed by atoms with Gasteiger partial charge in [0, 0.05) is 29.3 Å². The zero-order valence-electron chi connectivity index (χ0n) is 24.5. The highest BCUT2D eigenvalue weighted by Gasteiger charge is 2.24. The fraction of sp³-hybridized carbons (Fsp3) is 0.222. The van der Waals surface area contributed by atoms with Crippen molar-refractivity contribution >= 4 is 0 Å². The number of nitrogens with zero attached hydrogens (tertiary/aromatic N) is 5. The first kappa shape index (κ1) is 28.3. The van der Waals surface area contributed by atoms with Crippen LogP contribution in [0.5, 0.6) is 0 Å². The molecular weight excluding hydrogens is 516 g/mol. The summed E-state index contributed by atoms with van der Waals surface area (Å²) < 4.78 is 1.89. The molecule has 2 unspecified atom stereocenters. The highest BCUT2D eigenvalue weighted by atomic mass is 15.4. The standard InChI is InChI=1S/C18H17N3.C17H14.CH4N3/c1-12-11-13-7-3-4-9-15(13)18-17(19-20-21(18)2)16-10-6-5-8-14(12)16;1-13-12-16-8-3-2-6-14(16)10-11-15-7-4-5-9-17(13)15;1-3-4-2/h3-10,12H,11H2,1-2H3;2-9,13H,12H2,1H3;3H,1H3/q;;+1. The van der Waals surface area contributed by atoms with Crippen LogP contribution in [0.15, 0.2) is 97.1 Å². The molecule has 0 radical (unpaired) electrons. The topological polar surface area (TPSA) is 70.9 Å². The first-order valence-electron chi connectivity index (χ1n) is 14.3. The minimum absolute atomic E-state index is 0.470. The van der Waals surface area contributed by atoms with Crippen LogP contribution in [0.1, 0.15) is 59.1 Å². The maximum absolute atomic E-state index is 7.39. The number of benzene rings is 4. The van der Waals surface area contributed by atoms with E-state index in [1.54, 1.807) is 0 Å². The van der Waals surface area contributed by atoms with Gasteiger partial charge in [0.25, 0.3) is 5.39 Å². The Balaban J connectivity index is 0.000000152. The molecule has 1 heterocycles. The minimum atomic E-state index is 0.470. The summed E-state index contributed by atoms with van der Waals surface area (Å²) in [7, 11) is 3.48. The predicted molar refractivity (Wildman–Crippen MR) is 169 cm³/mol. The van der Waals surface area contributed by atoms with Crippen LogP contribution in [0, 0.1) is 17.2 Å². The number of aromatic nitrogens is 3. The molecule has 0 aliphatic heterocycles. The van der Waals surface area contributed by atoms with Gasteiger partial charge in [0.2, 0.25) is 0 Å². The lowest BCUT2D eigenvalue weighted by atomic mass is 9.83. The second-order valence-electron chi connectivity index (χ2n) is 10.7. The first-order chi connectivity index (χ1) is 20.5. The SMILES string of the molecule is CC1Cc2ccccc2-c2c(nnn2C)-c2ccccc21.CC1Cc2ccccc2C#Cc2ccccc21.CN[N+]#N. The summed E-state index contributed by atoms with van der Waals surface area (Å²) in [5.74, 6) is 7.59. The van der Waals surface area contributed by atoms with E-state index in [1.165, 1.54) is 51.6 Å². The summed E-state index contributed by atoms with van der Waals surface area (Å²) in [5.41, 5.74) is 14.5. The van der Waals surface area contributed by atoms with E-state index in [0.29, 0.717) is 11.8 Å². The Hall–Kier alpha value is -5.20. The molecule has 6 nitrogen and oxygen atoms in total. The second kappa shape index (κ2) is 13.0. The quantitative estimate of drug-likeness (QED) is 0.123. The molecule has 0 saturated carbocycles. The molecule has 5 aromatic rings. The van der Waals surface area contributed by atoms with Crippen LogP contribution in [0.4, 0.5) is 0 Å². The van der Waals surface area contributed by atoms with Crippen LogP contribution in [-0.2, 0) is 19.9 Å². The largest absolute Gasteiger partial charge is 0.302 e. The average molecular weight is 552 g/mol. The predicted octanol–water partition coefficient (Wildman–Crippen LogP) is 7.53. The number of nitrogens with one attached hydrogen (secondary N) is 1. The summed E-state index contributed by atoms with van der Waals surface area (Å²) in [4.78, 5) is 0. The average Bonchev–Trinajstić information content (AvgIpc) is 3.40. The van der Waals surface area contributed by atoms with Crippen molar-refractivity contribution < 1.29 is 0 Å². The van der Waals surface area contributed by atoms with Crippen LogP contribution < -0.4 is 5.43 Å². The van der Waals surface area contributed by atoms with Crippen LogP contribution in [0.3, 0.4) is 0 Å². The molecule has 208 valence electrons. The normalized spacial score (nSPS) is 15.4. The van der Waals surface area contributed by atoms with Gasteiger partial charge in [0.05, 0.1) is 12.7 Å². The Labute approximate surface area is 248 Å². The maximum atomic E-state index is 7.39. The molecule has 4 aromatic carbocycles. The third-order valence-electron chi connectivity index (χ3n) is 7.84. The summed E-state index contributed by atoms with van der Waals surface area (Å²) in [6.07, 6.45) is 2.11. The van der Waals surface area contributed by atoms with E-state index in [9.17, 15) is 0 Å². The van der Waals surface area contributed by atoms with E-state index in [-0.39, 0.29) is 0 Å². The van der Waals surface area contributed by atoms with Crippen molar-refractivity contribution in [2.24, 2.45) is 7.05 Å². The number of diazo groups is 1. The molecule has 0 saturated heterocycles. The van der Waals surface area contributed by atoms with E-state index in [0.717, 1.165) is 24.2 Å². The van der Waals surface area contributed by atoms with Crippen molar-refractivity contribution in [2.75, 3.05) is 7.05 Å². The Kier molecular flexibility index (Phi) is 8.75. The van der Waals surface area contributed by atoms with Crippen molar-refractivity contribution in [3.05, 3.63) is 136 Å². The summed E-state index contributed by atoms with van der Waals surface area (Å²) in [6.45, 7) is 4.57. The van der Waals surface area contributed by atoms with Crippen LogP contribution >= 0.6 is 0 Å². The van der Waals surface area contributed by atoms with Gasteiger partial charge in [-0.3, -0.25) is 0 Å². The number of fused-ring (bicyclic) bond motifs is 7. The van der Waals surface area contributed by atoms with Gasteiger partial charge in [-0.05, 0) is 64.5 Å². The lowest BCUT2D eigenvalue weighted by Gasteiger charge is -2.21. The molecular formula is C36H35N6+. The zero-order chi connectivity index (χ0) is 29.5. The summed E-state index contributed by atoms with van der Waals surface area (Å²) in [6, 6.07) is 34.1. The third-order valence-corrected chi connectivity index (χ3v) is 7.84. The Morgan fingerprint density at radius 3 is 2.00 bits per heavy atom. The Morgan fingerprint density at radius 2 is 1.26 bits per heavy atom. The molecule has 0 fully saturated rings. The van der Waals surface area contributed by atoms with Crippen LogP contribution in [-0.4, -0.2) is 22.0 Å². The highest BCUT2D eigenvalue weighted by Crippen LogP contribution is 2.40. The van der Waals surface area contributed by atoms with Crippen molar-refractivity contribution in [1.82, 2.24) is 20.4 Å². The fourth-order valence-electron chi connectivity index (χ4n) is 5.79. The highest BCUT2D eigenvalue weighted by molar-refractivity contribution is 5.82. The molecule has 0 spiro atoms. The summed E-state index contributed by atoms with van der Waals surface area (Å²) in [5, 5.41) is 18.6. The smallest absolute Gasteiger partial charge is 0.247 e. The van der Waals surface area contributed by atoms with Gasteiger partial charge in [0.1, 0.15) is 5.69 Å². The number of hydrogen-bond donors (Lipinski definition) is 1. The van der Waals surface area contributed by atoms with Gasteiger partial charge in [-0.1, -0.05) is 116 Å². The number of rotatable bonds is 0. The Bertz CT molecular complexity index is 1800. The van der Waals surface area contributed by atoms with Gasteiger partial charge in [0.15, 0.2) is 0 Å². The van der Waals surface area contributed by atoms with E-state index >= 15 is 0 Å². The van der Waals surface area contributed by atoms with Crippen molar-refractivity contribution in [1.29, 1.82) is 5.39 Å². The minimum Gasteiger partial charge on any atom is -0.247 e. The number of aryl methyl sites for hydroxylation is 1. The monoisotopic (exact) mass is 551 g/mol. The Morgan fingerprint density at radius 1 is 0.738 bits per heavy atom. The lowest BCUT2D eigenvalue weighted by molar-refractivity contribution is 0.719. The molecule has 2 atom stereocenters. The summed E-state index contributed by atoms with van der Waals surface area (Å²) >= 11 is 0. The third kappa shape index (κ3) is 5.94. The van der Waals surface area contributed by atoms with Gasteiger partial charge in [-0.15, -0.1) is 5.10 Å². The van der Waals surface area contributed by atoms with Gasteiger partial charge < -0.3 is 0 Å². The van der Waals surface area contributed by atoms with E-state index in [2.05, 4.69) is 144 Å². The molecule has 7 rings (SSSR count). The maximum Gasteiger partial charge on any atom is 0.302 e. The molecule has 6 heteroatoms. The number of hydrogen-bond acceptors (Lipinski definition) is 4. The molecule has 0 amide bonds. The zero-order valence-corrected chi connectivity index (χ0v) is 24.5. The molecule has 1 N–H and O–H groups in total. The molecule has 2 aliphatic carbocycles. The molecule has 42 heavy (non-hydrogen) atoms. The molecule has 2 aliphatic rings. The van der Waals surface area contributed by atoms with Crippen molar-refractivity contribution in [2.45, 2.75) is 38.5 Å². The van der Waals surface area contributed by atoms with Crippen molar-refractivity contribution in [3.8, 4) is 34.4 Å². The fourth-order valence-corrected chi connectivity index (χ4v) is 5.79. The van der Waals surface area contributed by atoms with Gasteiger partial charge in [-0.25, -0.2) is 4.68 Å². The first-order valence-corrected chi connectivity index (χ1v) is 14.3. The van der Waals surface area contributed by atoms with Gasteiger partial charge >= 0.3 is 5.08 Å². The lowest BCUT2D eigenvalue weighted by Crippen LogP contribution is -2.07. The van der Waals surface area contributed by atoms with Crippen LogP contribution in [0.25, 0.3) is 27.6 Å². The molecule has 1 aromatic heterocycles. The van der Waals surface area contributed by atoms with Crippen molar-refractivity contribution in [3.63, 3.8) is 0 Å². The van der Waals surface area contributed by atoms with E-state index < -0.39 is 0 Å². The molecule has 0 bridgehead atoms. The van der Waals surface area contributed by atoms with E-state index in [4.69, 9.17) is 5.39 Å². The second-order valence-corrected chi connectivity index (χ2v) is 10.7. The van der Waals surface area contributed by atoms with Gasteiger partial charge in [-0.2, -0.15) is 0 Å². The van der Waals surface area contributed by atoms with E-state index in [1.807, 2.05) is 11.7 Å².